The molecule has 0 bridgehead atoms. The minimum absolute atomic E-state index is 0.0259. The van der Waals surface area contributed by atoms with E-state index in [1.807, 2.05) is 13.8 Å². The van der Waals surface area contributed by atoms with Crippen molar-refractivity contribution in [3.63, 3.8) is 0 Å². The van der Waals surface area contributed by atoms with Gasteiger partial charge in [-0.1, -0.05) is 26.8 Å². The quantitative estimate of drug-likeness (QED) is 0.645. The highest BCUT2D eigenvalue weighted by atomic mass is 16.5. The molecule has 0 unspecified atom stereocenters. The second kappa shape index (κ2) is 5.48. The third kappa shape index (κ3) is 3.31. The molecule has 0 saturated heterocycles. The van der Waals surface area contributed by atoms with Crippen LogP contribution in [0.1, 0.15) is 49.0 Å². The van der Waals surface area contributed by atoms with Crippen LogP contribution < -0.4 is 4.74 Å². The molecule has 1 rings (SSSR count). The highest BCUT2D eigenvalue weighted by Gasteiger charge is 2.15. The van der Waals surface area contributed by atoms with Gasteiger partial charge in [-0.15, -0.1) is 0 Å². The van der Waals surface area contributed by atoms with E-state index >= 15 is 0 Å². The van der Waals surface area contributed by atoms with Gasteiger partial charge in [-0.3, -0.25) is 4.79 Å². The molecule has 0 amide bonds. The smallest absolute Gasteiger partial charge is 0.339 e. The molecular formula is C13H16O4. The molecule has 92 valence electrons. The Kier molecular flexibility index (Phi) is 4.26. The molecule has 4 heteroatoms. The number of aromatic carboxylic acids is 1. The molecule has 0 fully saturated rings. The van der Waals surface area contributed by atoms with Crippen molar-refractivity contribution in [1.82, 2.24) is 0 Å². The maximum Gasteiger partial charge on any atom is 0.339 e. The topological polar surface area (TPSA) is 63.6 Å². The van der Waals surface area contributed by atoms with E-state index in [0.717, 1.165) is 5.56 Å². The van der Waals surface area contributed by atoms with Gasteiger partial charge < -0.3 is 9.84 Å². The predicted octanol–water partition coefficient (Wildman–Crippen LogP) is 2.82. The van der Waals surface area contributed by atoms with Crippen molar-refractivity contribution in [2.24, 2.45) is 0 Å². The van der Waals surface area contributed by atoms with Gasteiger partial charge in [0.1, 0.15) is 11.3 Å². The van der Waals surface area contributed by atoms with Crippen LogP contribution in [-0.2, 0) is 4.79 Å². The largest absolute Gasteiger partial charge is 0.478 e. The summed E-state index contributed by atoms with van der Waals surface area (Å²) in [6, 6.07) is 4.85. The van der Waals surface area contributed by atoms with E-state index < -0.39 is 11.9 Å². The van der Waals surface area contributed by atoms with Crippen molar-refractivity contribution in [1.29, 1.82) is 0 Å². The maximum absolute atomic E-state index is 11.2. The first-order valence-corrected chi connectivity index (χ1v) is 5.53. The van der Waals surface area contributed by atoms with E-state index in [1.165, 1.54) is 6.07 Å². The monoisotopic (exact) mass is 236 g/mol. The molecular weight excluding hydrogens is 220 g/mol. The van der Waals surface area contributed by atoms with Crippen molar-refractivity contribution in [2.75, 3.05) is 0 Å². The van der Waals surface area contributed by atoms with Gasteiger partial charge in [-0.05, 0) is 23.6 Å². The molecule has 4 nitrogen and oxygen atoms in total. The van der Waals surface area contributed by atoms with Crippen LogP contribution in [0, 0.1) is 0 Å². The number of esters is 1. The summed E-state index contributed by atoms with van der Waals surface area (Å²) in [5, 5.41) is 9.07. The maximum atomic E-state index is 11.2. The predicted molar refractivity (Wildman–Crippen MR) is 63.4 cm³/mol. The van der Waals surface area contributed by atoms with E-state index in [0.29, 0.717) is 0 Å². The Morgan fingerprint density at radius 2 is 2.00 bits per heavy atom. The van der Waals surface area contributed by atoms with Crippen molar-refractivity contribution in [3.8, 4) is 5.75 Å². The zero-order chi connectivity index (χ0) is 13.0. The van der Waals surface area contributed by atoms with Crippen LogP contribution in [0.15, 0.2) is 18.2 Å². The summed E-state index contributed by atoms with van der Waals surface area (Å²) >= 11 is 0. The van der Waals surface area contributed by atoms with Crippen molar-refractivity contribution in [2.45, 2.75) is 33.1 Å². The highest BCUT2D eigenvalue weighted by molar-refractivity contribution is 5.92. The molecule has 17 heavy (non-hydrogen) atoms. The summed E-state index contributed by atoms with van der Waals surface area (Å²) in [6.07, 6.45) is 0.213. The number of carbonyl (C=O) groups is 2. The van der Waals surface area contributed by atoms with Gasteiger partial charge in [0, 0.05) is 6.42 Å². The Morgan fingerprint density at radius 1 is 1.35 bits per heavy atom. The van der Waals surface area contributed by atoms with Gasteiger partial charge in [-0.25, -0.2) is 4.79 Å². The number of ether oxygens (including phenoxy) is 1. The fourth-order valence-corrected chi connectivity index (χ4v) is 1.36. The van der Waals surface area contributed by atoms with E-state index in [4.69, 9.17) is 9.84 Å². The molecule has 0 saturated carbocycles. The number of benzene rings is 1. The zero-order valence-electron chi connectivity index (χ0n) is 10.2. The van der Waals surface area contributed by atoms with Gasteiger partial charge in [0.15, 0.2) is 0 Å². The van der Waals surface area contributed by atoms with E-state index in [1.54, 1.807) is 19.1 Å². The average molecular weight is 236 g/mol. The molecule has 1 N–H and O–H groups in total. The molecule has 0 aliphatic heterocycles. The Bertz CT molecular complexity index is 435. The van der Waals surface area contributed by atoms with E-state index in [9.17, 15) is 9.59 Å². The van der Waals surface area contributed by atoms with E-state index in [-0.39, 0.29) is 23.7 Å². The first kappa shape index (κ1) is 13.2. The lowest BCUT2D eigenvalue weighted by molar-refractivity contribution is -0.134. The summed E-state index contributed by atoms with van der Waals surface area (Å²) in [7, 11) is 0. The summed E-state index contributed by atoms with van der Waals surface area (Å²) in [5.74, 6) is -1.20. The van der Waals surface area contributed by atoms with Gasteiger partial charge >= 0.3 is 11.9 Å². The van der Waals surface area contributed by atoms with Gasteiger partial charge in [0.2, 0.25) is 0 Å². The minimum Gasteiger partial charge on any atom is -0.478 e. The lowest BCUT2D eigenvalue weighted by Gasteiger charge is -2.10. The Hall–Kier alpha value is -1.84. The average Bonchev–Trinajstić information content (AvgIpc) is 2.28. The Balaban J connectivity index is 3.13. The van der Waals surface area contributed by atoms with Crippen LogP contribution in [0.25, 0.3) is 0 Å². The van der Waals surface area contributed by atoms with Crippen LogP contribution in [0.5, 0.6) is 5.75 Å². The molecule has 1 aromatic rings. The standard InChI is InChI=1S/C13H16O4/c1-4-12(14)17-11-6-5-9(8(2)3)7-10(11)13(15)16/h5-8H,4H2,1-3H3,(H,15,16). The Morgan fingerprint density at radius 3 is 2.47 bits per heavy atom. The highest BCUT2D eigenvalue weighted by Crippen LogP contribution is 2.24. The summed E-state index contributed by atoms with van der Waals surface area (Å²) in [5.41, 5.74) is 0.927. The zero-order valence-corrected chi connectivity index (χ0v) is 10.2. The second-order valence-corrected chi connectivity index (χ2v) is 4.04. The van der Waals surface area contributed by atoms with Gasteiger partial charge in [0.25, 0.3) is 0 Å². The first-order valence-electron chi connectivity index (χ1n) is 5.53. The van der Waals surface area contributed by atoms with Gasteiger partial charge in [0.05, 0.1) is 0 Å². The number of carboxylic acids is 1. The molecule has 0 heterocycles. The number of rotatable bonds is 4. The SMILES string of the molecule is CCC(=O)Oc1ccc(C(C)C)cc1C(=O)O. The lowest BCUT2D eigenvalue weighted by Crippen LogP contribution is -2.10. The van der Waals surface area contributed by atoms with Crippen LogP contribution in [0.4, 0.5) is 0 Å². The first-order chi connectivity index (χ1) is 7.95. The number of carboxylic acid groups (broad SMARTS) is 1. The van der Waals surface area contributed by atoms with Crippen molar-refractivity contribution in [3.05, 3.63) is 29.3 Å². The minimum atomic E-state index is -1.09. The van der Waals surface area contributed by atoms with Crippen LogP contribution in [0.2, 0.25) is 0 Å². The summed E-state index contributed by atoms with van der Waals surface area (Å²) in [4.78, 5) is 22.2. The Labute approximate surface area is 100 Å². The molecule has 0 aliphatic rings. The second-order valence-electron chi connectivity index (χ2n) is 4.04. The summed E-state index contributed by atoms with van der Waals surface area (Å²) in [6.45, 7) is 5.60. The molecule has 0 radical (unpaired) electrons. The van der Waals surface area contributed by atoms with Crippen molar-refractivity contribution >= 4 is 11.9 Å². The van der Waals surface area contributed by atoms with Crippen molar-refractivity contribution < 1.29 is 19.4 Å². The molecule has 0 atom stereocenters. The third-order valence-electron chi connectivity index (χ3n) is 2.41. The van der Waals surface area contributed by atoms with Crippen LogP contribution >= 0.6 is 0 Å². The number of carbonyl (C=O) groups excluding carboxylic acids is 1. The van der Waals surface area contributed by atoms with E-state index in [2.05, 4.69) is 0 Å². The lowest BCUT2D eigenvalue weighted by atomic mass is 10.0. The number of hydrogen-bond donors (Lipinski definition) is 1. The molecule has 0 aliphatic carbocycles. The molecule has 1 aromatic carbocycles. The molecule has 0 spiro atoms. The molecule has 0 aromatic heterocycles. The normalized spacial score (nSPS) is 10.4. The van der Waals surface area contributed by atoms with Gasteiger partial charge in [-0.2, -0.15) is 0 Å². The fourth-order valence-electron chi connectivity index (χ4n) is 1.36. The summed E-state index contributed by atoms with van der Waals surface area (Å²) < 4.78 is 4.97. The van der Waals surface area contributed by atoms with Crippen LogP contribution in [-0.4, -0.2) is 17.0 Å². The fraction of sp³-hybridized carbons (Fsp3) is 0.385. The van der Waals surface area contributed by atoms with Crippen LogP contribution in [0.3, 0.4) is 0 Å². The number of hydrogen-bond acceptors (Lipinski definition) is 3. The third-order valence-corrected chi connectivity index (χ3v) is 2.41.